The molecule has 1 aliphatic rings. The number of likely N-dealkylation sites (tertiary alicyclic amines) is 1. The highest BCUT2D eigenvalue weighted by molar-refractivity contribution is 5.97. The molecule has 3 aromatic rings. The number of rotatable bonds is 5. The molecule has 1 aromatic heterocycles. The zero-order valence-corrected chi connectivity index (χ0v) is 16.2. The second-order valence-electron chi connectivity index (χ2n) is 7.14. The standard InChI is InChI=1S/C22H23FN4O2/c1-26-15-17(14-24-26)29-21-9-5-2-6-18(21)22(28)27-12-10-16(11-13-27)25-20-8-4-3-7-19(20)23/h2-9,14-16,25H,10-13H2,1H3. The molecule has 1 saturated heterocycles. The number of amides is 1. The van der Waals surface area contributed by atoms with E-state index in [0.717, 1.165) is 12.8 Å². The summed E-state index contributed by atoms with van der Waals surface area (Å²) in [6.45, 7) is 1.21. The quantitative estimate of drug-likeness (QED) is 0.709. The predicted octanol–water partition coefficient (Wildman–Crippen LogP) is 4.07. The van der Waals surface area contributed by atoms with Crippen molar-refractivity contribution in [3.8, 4) is 11.5 Å². The fourth-order valence-electron chi connectivity index (χ4n) is 3.51. The first kappa shape index (κ1) is 19.0. The number of nitrogens with one attached hydrogen (secondary N) is 1. The van der Waals surface area contributed by atoms with Gasteiger partial charge in [0.2, 0.25) is 0 Å². The number of anilines is 1. The van der Waals surface area contributed by atoms with Gasteiger partial charge in [-0.05, 0) is 37.1 Å². The molecule has 2 heterocycles. The van der Waals surface area contributed by atoms with E-state index in [1.54, 1.807) is 41.3 Å². The number of piperidine rings is 1. The molecule has 1 N–H and O–H groups in total. The highest BCUT2D eigenvalue weighted by Crippen LogP contribution is 2.27. The molecule has 29 heavy (non-hydrogen) atoms. The molecular formula is C22H23FN4O2. The van der Waals surface area contributed by atoms with E-state index in [-0.39, 0.29) is 17.8 Å². The lowest BCUT2D eigenvalue weighted by atomic mass is 10.0. The van der Waals surface area contributed by atoms with Gasteiger partial charge in [0.15, 0.2) is 5.75 Å². The molecule has 0 bridgehead atoms. The Kier molecular flexibility index (Phi) is 5.46. The third-order valence-electron chi connectivity index (χ3n) is 5.04. The molecule has 1 amide bonds. The Morgan fingerprint density at radius 3 is 2.59 bits per heavy atom. The van der Waals surface area contributed by atoms with Crippen LogP contribution in [0.5, 0.6) is 11.5 Å². The lowest BCUT2D eigenvalue weighted by Crippen LogP contribution is -2.42. The number of benzene rings is 2. The molecule has 4 rings (SSSR count). The topological polar surface area (TPSA) is 59.4 Å². The van der Waals surface area contributed by atoms with Crippen LogP contribution in [0.2, 0.25) is 0 Å². The lowest BCUT2D eigenvalue weighted by Gasteiger charge is -2.33. The third-order valence-corrected chi connectivity index (χ3v) is 5.04. The van der Waals surface area contributed by atoms with Crippen molar-refractivity contribution >= 4 is 11.6 Å². The summed E-state index contributed by atoms with van der Waals surface area (Å²) in [5.41, 5.74) is 1.03. The van der Waals surface area contributed by atoms with Gasteiger partial charge in [-0.25, -0.2) is 4.39 Å². The highest BCUT2D eigenvalue weighted by Gasteiger charge is 2.26. The Morgan fingerprint density at radius 2 is 1.86 bits per heavy atom. The molecule has 0 radical (unpaired) electrons. The van der Waals surface area contributed by atoms with E-state index in [4.69, 9.17) is 4.74 Å². The van der Waals surface area contributed by atoms with Gasteiger partial charge in [-0.1, -0.05) is 24.3 Å². The molecule has 0 aliphatic carbocycles. The minimum Gasteiger partial charge on any atom is -0.453 e. The van der Waals surface area contributed by atoms with Crippen LogP contribution in [-0.4, -0.2) is 39.7 Å². The van der Waals surface area contributed by atoms with Crippen molar-refractivity contribution in [2.24, 2.45) is 7.05 Å². The first-order chi connectivity index (χ1) is 14.1. The highest BCUT2D eigenvalue weighted by atomic mass is 19.1. The van der Waals surface area contributed by atoms with Crippen LogP contribution < -0.4 is 10.1 Å². The van der Waals surface area contributed by atoms with Gasteiger partial charge >= 0.3 is 0 Å². The van der Waals surface area contributed by atoms with E-state index in [1.165, 1.54) is 6.07 Å². The first-order valence-electron chi connectivity index (χ1n) is 9.66. The van der Waals surface area contributed by atoms with Gasteiger partial charge in [-0.2, -0.15) is 5.10 Å². The Hall–Kier alpha value is -3.35. The number of ether oxygens (including phenoxy) is 1. The van der Waals surface area contributed by atoms with Gasteiger partial charge in [0.05, 0.1) is 23.6 Å². The van der Waals surface area contributed by atoms with Crippen molar-refractivity contribution < 1.29 is 13.9 Å². The van der Waals surface area contributed by atoms with E-state index in [0.29, 0.717) is 35.8 Å². The minimum atomic E-state index is -0.257. The van der Waals surface area contributed by atoms with E-state index < -0.39 is 0 Å². The van der Waals surface area contributed by atoms with E-state index in [9.17, 15) is 9.18 Å². The first-order valence-corrected chi connectivity index (χ1v) is 9.66. The third kappa shape index (κ3) is 4.39. The van der Waals surface area contributed by atoms with Gasteiger partial charge in [-0.3, -0.25) is 9.48 Å². The molecule has 150 valence electrons. The van der Waals surface area contributed by atoms with Crippen LogP contribution in [0.3, 0.4) is 0 Å². The molecule has 6 nitrogen and oxygen atoms in total. The maximum absolute atomic E-state index is 13.8. The Morgan fingerprint density at radius 1 is 1.14 bits per heavy atom. The zero-order chi connectivity index (χ0) is 20.2. The summed E-state index contributed by atoms with van der Waals surface area (Å²) in [4.78, 5) is 14.9. The maximum Gasteiger partial charge on any atom is 0.257 e. The summed E-state index contributed by atoms with van der Waals surface area (Å²) in [6, 6.07) is 14.0. The van der Waals surface area contributed by atoms with Crippen molar-refractivity contribution in [2.45, 2.75) is 18.9 Å². The lowest BCUT2D eigenvalue weighted by molar-refractivity contribution is 0.0716. The summed E-state index contributed by atoms with van der Waals surface area (Å²) >= 11 is 0. The van der Waals surface area contributed by atoms with Crippen LogP contribution in [0.4, 0.5) is 10.1 Å². The summed E-state index contributed by atoms with van der Waals surface area (Å²) < 4.78 is 21.4. The fraction of sp³-hybridized carbons (Fsp3) is 0.273. The number of halogens is 1. The number of aryl methyl sites for hydroxylation is 1. The zero-order valence-electron chi connectivity index (χ0n) is 16.2. The summed E-state index contributed by atoms with van der Waals surface area (Å²) in [5, 5.41) is 7.34. The maximum atomic E-state index is 13.8. The molecule has 0 spiro atoms. The molecule has 1 aliphatic heterocycles. The Labute approximate surface area is 168 Å². The van der Waals surface area contributed by atoms with Crippen molar-refractivity contribution in [3.05, 3.63) is 72.3 Å². The molecular weight excluding hydrogens is 371 g/mol. The number of hydrogen-bond donors (Lipinski definition) is 1. The summed E-state index contributed by atoms with van der Waals surface area (Å²) in [7, 11) is 1.81. The smallest absolute Gasteiger partial charge is 0.257 e. The fourth-order valence-corrected chi connectivity index (χ4v) is 3.51. The van der Waals surface area contributed by atoms with Gasteiger partial charge in [0.25, 0.3) is 5.91 Å². The predicted molar refractivity (Wildman–Crippen MR) is 109 cm³/mol. The largest absolute Gasteiger partial charge is 0.453 e. The minimum absolute atomic E-state index is 0.0613. The summed E-state index contributed by atoms with van der Waals surface area (Å²) in [6.07, 6.45) is 4.87. The number of aromatic nitrogens is 2. The van der Waals surface area contributed by atoms with Crippen molar-refractivity contribution in [1.29, 1.82) is 0 Å². The molecule has 0 atom stereocenters. The number of para-hydroxylation sites is 2. The average Bonchev–Trinajstić information content (AvgIpc) is 3.15. The van der Waals surface area contributed by atoms with Crippen LogP contribution >= 0.6 is 0 Å². The number of carbonyl (C=O) groups is 1. The van der Waals surface area contributed by atoms with Crippen LogP contribution in [-0.2, 0) is 7.05 Å². The summed E-state index contributed by atoms with van der Waals surface area (Å²) in [5.74, 6) is 0.777. The Balaban J connectivity index is 1.40. The van der Waals surface area contributed by atoms with Crippen LogP contribution in [0, 0.1) is 5.82 Å². The molecule has 2 aromatic carbocycles. The van der Waals surface area contributed by atoms with Crippen molar-refractivity contribution in [2.75, 3.05) is 18.4 Å². The number of hydrogen-bond acceptors (Lipinski definition) is 4. The number of nitrogens with zero attached hydrogens (tertiary/aromatic N) is 3. The van der Waals surface area contributed by atoms with Crippen LogP contribution in [0.15, 0.2) is 60.9 Å². The van der Waals surface area contributed by atoms with Gasteiger partial charge in [-0.15, -0.1) is 0 Å². The second kappa shape index (κ2) is 8.34. The van der Waals surface area contributed by atoms with Crippen molar-refractivity contribution in [1.82, 2.24) is 14.7 Å². The van der Waals surface area contributed by atoms with Crippen LogP contribution in [0.1, 0.15) is 23.2 Å². The molecule has 0 saturated carbocycles. The van der Waals surface area contributed by atoms with E-state index >= 15 is 0 Å². The van der Waals surface area contributed by atoms with Gasteiger partial charge in [0, 0.05) is 26.2 Å². The molecule has 1 fully saturated rings. The molecule has 0 unspecified atom stereocenters. The van der Waals surface area contributed by atoms with Crippen LogP contribution in [0.25, 0.3) is 0 Å². The monoisotopic (exact) mass is 394 g/mol. The number of carbonyl (C=O) groups excluding carboxylic acids is 1. The average molecular weight is 394 g/mol. The normalized spacial score (nSPS) is 14.6. The van der Waals surface area contributed by atoms with E-state index in [2.05, 4.69) is 10.4 Å². The van der Waals surface area contributed by atoms with Gasteiger partial charge in [0.1, 0.15) is 11.6 Å². The SMILES string of the molecule is Cn1cc(Oc2ccccc2C(=O)N2CCC(Nc3ccccc3F)CC2)cn1. The Bertz CT molecular complexity index is 996. The van der Waals surface area contributed by atoms with Gasteiger partial charge < -0.3 is 15.0 Å². The molecule has 7 heteroatoms. The van der Waals surface area contributed by atoms with Crippen molar-refractivity contribution in [3.63, 3.8) is 0 Å². The van der Waals surface area contributed by atoms with E-state index in [1.807, 2.05) is 30.1 Å². The second-order valence-corrected chi connectivity index (χ2v) is 7.14.